The molecule has 306 valence electrons. The summed E-state index contributed by atoms with van der Waals surface area (Å²) in [5.74, 6) is 0. The third kappa shape index (κ3) is 5.27. The maximum atomic E-state index is 9.93. The summed E-state index contributed by atoms with van der Waals surface area (Å²) in [6.45, 7) is 9.49. The first-order valence-electron chi connectivity index (χ1n) is 22.7. The maximum absolute atomic E-state index is 9.93. The molecule has 0 aliphatic heterocycles. The first kappa shape index (κ1) is 37.6. The van der Waals surface area contributed by atoms with Gasteiger partial charge in [-0.1, -0.05) is 173 Å². The Morgan fingerprint density at radius 1 is 0.354 bits per heavy atom. The first-order chi connectivity index (χ1) is 31.7. The lowest BCUT2D eigenvalue weighted by Gasteiger charge is -2.24. The molecule has 0 amide bonds. The number of para-hydroxylation sites is 1. The lowest BCUT2D eigenvalue weighted by molar-refractivity contribution is 0.660. The molecule has 1 aromatic heterocycles. The van der Waals surface area contributed by atoms with Crippen LogP contribution in [0, 0.1) is 11.3 Å². The standard InChI is InChI=1S/C63H44N2/c1-62(2)54-20-12-10-16-44(54)46-28-25-41(34-56(46)62)60-50-18-8-9-19-51(50)61(42-26-29-47-45-17-11-13-21-55(45)63(3,4)57(47)35-42)53-33-39(24-31-52(53)60)40-23-30-49-48-27-22-38(37-64)32-58(48)65(59(49)36-40)43-14-6-5-7-15-43/h5-36H,1-4H3. The molecule has 11 aromatic rings. The summed E-state index contributed by atoms with van der Waals surface area (Å²) in [5.41, 5.74) is 21.7. The number of nitrogens with zero attached hydrogens (tertiary/aromatic N) is 2. The molecular weight excluding hydrogens is 785 g/mol. The molecule has 65 heavy (non-hydrogen) atoms. The Kier molecular flexibility index (Phi) is 7.81. The lowest BCUT2D eigenvalue weighted by atomic mass is 9.79. The van der Waals surface area contributed by atoms with E-state index in [1.807, 2.05) is 12.1 Å². The molecule has 2 nitrogen and oxygen atoms in total. The smallest absolute Gasteiger partial charge is 0.0992 e. The number of benzene rings is 10. The van der Waals surface area contributed by atoms with Gasteiger partial charge in [0.2, 0.25) is 0 Å². The van der Waals surface area contributed by atoms with Crippen LogP contribution in [0.1, 0.15) is 55.5 Å². The van der Waals surface area contributed by atoms with Gasteiger partial charge in [0.05, 0.1) is 22.7 Å². The van der Waals surface area contributed by atoms with Gasteiger partial charge in [0, 0.05) is 27.3 Å². The van der Waals surface area contributed by atoms with Gasteiger partial charge >= 0.3 is 0 Å². The summed E-state index contributed by atoms with van der Waals surface area (Å²) in [5, 5.41) is 17.2. The van der Waals surface area contributed by atoms with Crippen LogP contribution in [-0.2, 0) is 10.8 Å². The first-order valence-corrected chi connectivity index (χ1v) is 22.7. The van der Waals surface area contributed by atoms with Gasteiger partial charge in [-0.3, -0.25) is 0 Å². The molecule has 1 heterocycles. The molecule has 2 aliphatic rings. The predicted octanol–water partition coefficient (Wildman–Crippen LogP) is 16.6. The fraction of sp³-hybridized carbons (Fsp3) is 0.0952. The van der Waals surface area contributed by atoms with Crippen LogP contribution in [0.2, 0.25) is 0 Å². The largest absolute Gasteiger partial charge is 0.309 e. The van der Waals surface area contributed by atoms with Crippen molar-refractivity contribution in [1.82, 2.24) is 4.57 Å². The van der Waals surface area contributed by atoms with Gasteiger partial charge in [0.1, 0.15) is 0 Å². The van der Waals surface area contributed by atoms with Crippen LogP contribution in [0.4, 0.5) is 0 Å². The van der Waals surface area contributed by atoms with Gasteiger partial charge < -0.3 is 4.57 Å². The zero-order valence-corrected chi connectivity index (χ0v) is 36.9. The van der Waals surface area contributed by atoms with E-state index in [0.29, 0.717) is 5.56 Å². The summed E-state index contributed by atoms with van der Waals surface area (Å²) in [7, 11) is 0. The van der Waals surface area contributed by atoms with Gasteiger partial charge in [-0.15, -0.1) is 0 Å². The van der Waals surface area contributed by atoms with Gasteiger partial charge in [-0.2, -0.15) is 5.26 Å². The highest BCUT2D eigenvalue weighted by molar-refractivity contribution is 6.22. The van der Waals surface area contributed by atoms with Crippen LogP contribution in [-0.4, -0.2) is 4.57 Å². The predicted molar refractivity (Wildman–Crippen MR) is 272 cm³/mol. The molecule has 2 heteroatoms. The lowest BCUT2D eigenvalue weighted by Crippen LogP contribution is -2.15. The second kappa shape index (κ2) is 13.5. The van der Waals surface area contributed by atoms with Crippen molar-refractivity contribution < 1.29 is 0 Å². The molecule has 0 fully saturated rings. The Morgan fingerprint density at radius 2 is 0.800 bits per heavy atom. The minimum absolute atomic E-state index is 0.119. The Bertz CT molecular complexity index is 3890. The highest BCUT2D eigenvalue weighted by Crippen LogP contribution is 2.54. The molecule has 10 aromatic carbocycles. The molecule has 0 N–H and O–H groups in total. The Balaban J connectivity index is 1.09. The summed E-state index contributed by atoms with van der Waals surface area (Å²) in [6.07, 6.45) is 0. The van der Waals surface area contributed by atoms with Crippen molar-refractivity contribution in [2.24, 2.45) is 0 Å². The van der Waals surface area contributed by atoms with E-state index >= 15 is 0 Å². The number of hydrogen-bond donors (Lipinski definition) is 0. The molecule has 2 aliphatic carbocycles. The van der Waals surface area contributed by atoms with E-state index in [2.05, 4.69) is 220 Å². The van der Waals surface area contributed by atoms with Crippen molar-refractivity contribution in [2.75, 3.05) is 0 Å². The average Bonchev–Trinajstić information content (AvgIpc) is 3.88. The monoisotopic (exact) mass is 828 g/mol. The Labute approximate surface area is 379 Å². The molecule has 0 bridgehead atoms. The summed E-state index contributed by atoms with van der Waals surface area (Å²) >= 11 is 0. The topological polar surface area (TPSA) is 28.7 Å². The van der Waals surface area contributed by atoms with E-state index in [-0.39, 0.29) is 10.8 Å². The minimum Gasteiger partial charge on any atom is -0.309 e. The minimum atomic E-state index is -0.131. The van der Waals surface area contributed by atoms with Crippen molar-refractivity contribution in [3.05, 3.63) is 222 Å². The fourth-order valence-electron chi connectivity index (χ4n) is 11.8. The van der Waals surface area contributed by atoms with Crippen molar-refractivity contribution in [1.29, 1.82) is 5.26 Å². The van der Waals surface area contributed by atoms with Crippen molar-refractivity contribution in [2.45, 2.75) is 38.5 Å². The van der Waals surface area contributed by atoms with Crippen LogP contribution in [0.5, 0.6) is 0 Å². The van der Waals surface area contributed by atoms with Crippen molar-refractivity contribution in [3.63, 3.8) is 0 Å². The number of aromatic nitrogens is 1. The fourth-order valence-corrected chi connectivity index (χ4v) is 11.8. The van der Waals surface area contributed by atoms with E-state index in [4.69, 9.17) is 0 Å². The molecule has 0 saturated heterocycles. The highest BCUT2D eigenvalue weighted by atomic mass is 15.0. The van der Waals surface area contributed by atoms with Crippen LogP contribution >= 0.6 is 0 Å². The zero-order valence-electron chi connectivity index (χ0n) is 36.9. The highest BCUT2D eigenvalue weighted by Gasteiger charge is 2.37. The van der Waals surface area contributed by atoms with Gasteiger partial charge in [0.15, 0.2) is 0 Å². The van der Waals surface area contributed by atoms with Crippen molar-refractivity contribution >= 4 is 43.4 Å². The molecule has 0 radical (unpaired) electrons. The van der Waals surface area contributed by atoms with E-state index < -0.39 is 0 Å². The van der Waals surface area contributed by atoms with E-state index in [1.165, 1.54) is 88.3 Å². The Morgan fingerprint density at radius 3 is 1.40 bits per heavy atom. The van der Waals surface area contributed by atoms with Gasteiger partial charge in [0.25, 0.3) is 0 Å². The molecule has 0 unspecified atom stereocenters. The Hall–Kier alpha value is -7.99. The SMILES string of the molecule is CC1(C)c2ccccc2-c2ccc(-c3c4ccccc4c(-c4ccc5c(c4)C(C)(C)c4ccccc4-5)c4cc(-c5ccc6c7ccc(C#N)cc7n(-c7ccccc7)c6c5)ccc34)cc21. The molecular formula is C63H44N2. The number of hydrogen-bond acceptors (Lipinski definition) is 1. The number of rotatable bonds is 4. The third-order valence-electron chi connectivity index (χ3n) is 15.0. The zero-order chi connectivity index (χ0) is 43.8. The van der Waals surface area contributed by atoms with Crippen LogP contribution in [0.15, 0.2) is 194 Å². The maximum Gasteiger partial charge on any atom is 0.0992 e. The van der Waals surface area contributed by atoms with Gasteiger partial charge in [-0.05, 0) is 148 Å². The van der Waals surface area contributed by atoms with Crippen LogP contribution in [0.25, 0.3) is 105 Å². The van der Waals surface area contributed by atoms with Crippen molar-refractivity contribution in [3.8, 4) is 67.4 Å². The summed E-state index contributed by atoms with van der Waals surface area (Å²) in [4.78, 5) is 0. The van der Waals surface area contributed by atoms with Gasteiger partial charge in [-0.25, -0.2) is 0 Å². The normalized spacial score (nSPS) is 14.1. The van der Waals surface area contributed by atoms with E-state index in [1.54, 1.807) is 0 Å². The molecule has 0 saturated carbocycles. The molecule has 0 atom stereocenters. The molecule has 13 rings (SSSR count). The van der Waals surface area contributed by atoms with E-state index in [9.17, 15) is 5.26 Å². The average molecular weight is 829 g/mol. The number of fused-ring (bicyclic) bond motifs is 11. The van der Waals surface area contributed by atoms with E-state index in [0.717, 1.165) is 38.6 Å². The van der Waals surface area contributed by atoms with Crippen LogP contribution < -0.4 is 0 Å². The van der Waals surface area contributed by atoms with Crippen LogP contribution in [0.3, 0.4) is 0 Å². The second-order valence-electron chi connectivity index (χ2n) is 19.2. The quantitative estimate of drug-likeness (QED) is 0.162. The molecule has 0 spiro atoms. The summed E-state index contributed by atoms with van der Waals surface area (Å²) < 4.78 is 2.31. The summed E-state index contributed by atoms with van der Waals surface area (Å²) in [6, 6.07) is 74.3. The third-order valence-corrected chi connectivity index (χ3v) is 15.0. The second-order valence-corrected chi connectivity index (χ2v) is 19.2. The number of nitriles is 1.